The zero-order valence-electron chi connectivity index (χ0n) is 12.1. The third kappa shape index (κ3) is 12.3. The van der Waals surface area contributed by atoms with E-state index in [9.17, 15) is 4.79 Å². The first-order valence-electron chi connectivity index (χ1n) is 6.71. The van der Waals surface area contributed by atoms with E-state index in [1.807, 2.05) is 12.2 Å². The number of allylic oxidation sites excluding steroid dienone is 3. The molecule has 0 saturated heterocycles. The predicted octanol–water partition coefficient (Wildman–Crippen LogP) is 3.07. The fraction of sp³-hybridized carbons (Fsp3) is 0.471. The molecule has 0 rings (SSSR count). The summed E-state index contributed by atoms with van der Waals surface area (Å²) in [6.45, 7) is 6.74. The van der Waals surface area contributed by atoms with Gasteiger partial charge >= 0.3 is 0 Å². The first-order chi connectivity index (χ1) is 9.20. The second-order valence-electron chi connectivity index (χ2n) is 4.26. The molecule has 2 nitrogen and oxygen atoms in total. The van der Waals surface area contributed by atoms with Crippen LogP contribution in [0.1, 0.15) is 40.0 Å². The molecule has 0 saturated carbocycles. The lowest BCUT2D eigenvalue weighted by molar-refractivity contribution is -0.116. The first kappa shape index (κ1) is 17.1. The summed E-state index contributed by atoms with van der Waals surface area (Å²) in [7, 11) is 0. The van der Waals surface area contributed by atoms with Gasteiger partial charge in [0.05, 0.1) is 0 Å². The van der Waals surface area contributed by atoms with Gasteiger partial charge in [-0.05, 0) is 31.1 Å². The van der Waals surface area contributed by atoms with E-state index < -0.39 is 0 Å². The highest BCUT2D eigenvalue weighted by Crippen LogP contribution is 1.97. The molecule has 0 aliphatic rings. The molecule has 2 heteroatoms. The van der Waals surface area contributed by atoms with Crippen molar-refractivity contribution in [3.8, 4) is 23.7 Å². The van der Waals surface area contributed by atoms with E-state index in [0.717, 1.165) is 25.8 Å². The van der Waals surface area contributed by atoms with Gasteiger partial charge in [0.1, 0.15) is 0 Å². The number of carbonyl (C=O) groups excluding carboxylic acids is 1. The van der Waals surface area contributed by atoms with Crippen LogP contribution in [0.15, 0.2) is 24.3 Å². The molecule has 0 aromatic heterocycles. The Bertz CT molecular complexity index is 424. The average Bonchev–Trinajstić information content (AvgIpc) is 2.42. The SMILES string of the molecule is CC#CC#CCCC=CC=CC(=O)NCC(C)CC. The van der Waals surface area contributed by atoms with Crippen molar-refractivity contribution in [3.05, 3.63) is 24.3 Å². The van der Waals surface area contributed by atoms with Crippen LogP contribution in [-0.4, -0.2) is 12.5 Å². The molecule has 0 radical (unpaired) electrons. The Morgan fingerprint density at radius 3 is 2.79 bits per heavy atom. The van der Waals surface area contributed by atoms with Crippen molar-refractivity contribution in [3.63, 3.8) is 0 Å². The lowest BCUT2D eigenvalue weighted by atomic mass is 10.1. The van der Waals surface area contributed by atoms with Crippen LogP contribution in [0.2, 0.25) is 0 Å². The molecular formula is C17H23NO. The summed E-state index contributed by atoms with van der Waals surface area (Å²) >= 11 is 0. The van der Waals surface area contributed by atoms with E-state index in [1.165, 1.54) is 0 Å². The van der Waals surface area contributed by atoms with Crippen molar-refractivity contribution >= 4 is 5.91 Å². The van der Waals surface area contributed by atoms with Gasteiger partial charge in [-0.25, -0.2) is 0 Å². The number of hydrogen-bond donors (Lipinski definition) is 1. The number of hydrogen-bond acceptors (Lipinski definition) is 1. The van der Waals surface area contributed by atoms with Gasteiger partial charge in [-0.3, -0.25) is 4.79 Å². The number of amides is 1. The Kier molecular flexibility index (Phi) is 11.3. The van der Waals surface area contributed by atoms with E-state index in [-0.39, 0.29) is 5.91 Å². The van der Waals surface area contributed by atoms with E-state index in [2.05, 4.69) is 42.8 Å². The summed E-state index contributed by atoms with van der Waals surface area (Å²) in [5.74, 6) is 11.6. The Morgan fingerprint density at radius 2 is 2.11 bits per heavy atom. The maximum atomic E-state index is 11.4. The third-order valence-corrected chi connectivity index (χ3v) is 2.53. The first-order valence-corrected chi connectivity index (χ1v) is 6.71. The summed E-state index contributed by atoms with van der Waals surface area (Å²) in [4.78, 5) is 11.4. The number of unbranched alkanes of at least 4 members (excludes halogenated alkanes) is 1. The van der Waals surface area contributed by atoms with Crippen LogP contribution in [0.4, 0.5) is 0 Å². The van der Waals surface area contributed by atoms with Crippen molar-refractivity contribution in [1.29, 1.82) is 0 Å². The highest BCUT2D eigenvalue weighted by molar-refractivity contribution is 5.87. The third-order valence-electron chi connectivity index (χ3n) is 2.53. The van der Waals surface area contributed by atoms with Crippen LogP contribution >= 0.6 is 0 Å². The van der Waals surface area contributed by atoms with Gasteiger partial charge in [-0.1, -0.05) is 50.3 Å². The van der Waals surface area contributed by atoms with Crippen LogP contribution in [0.3, 0.4) is 0 Å². The standard InChI is InChI=1S/C17H23NO/c1-4-6-7-8-9-10-11-12-13-14-17(19)18-15-16(3)5-2/h11-14,16H,5,9-10,15H2,1-3H3,(H,18,19). The topological polar surface area (TPSA) is 29.1 Å². The summed E-state index contributed by atoms with van der Waals surface area (Å²) < 4.78 is 0. The van der Waals surface area contributed by atoms with E-state index >= 15 is 0 Å². The molecule has 0 fully saturated rings. The quantitative estimate of drug-likeness (QED) is 0.323. The molecule has 0 bridgehead atoms. The highest BCUT2D eigenvalue weighted by Gasteiger charge is 1.99. The van der Waals surface area contributed by atoms with Crippen molar-refractivity contribution in [2.45, 2.75) is 40.0 Å². The van der Waals surface area contributed by atoms with Crippen LogP contribution in [0.5, 0.6) is 0 Å². The van der Waals surface area contributed by atoms with Crippen LogP contribution in [0.25, 0.3) is 0 Å². The fourth-order valence-corrected chi connectivity index (χ4v) is 1.12. The van der Waals surface area contributed by atoms with E-state index in [0.29, 0.717) is 5.92 Å². The molecule has 0 heterocycles. The summed E-state index contributed by atoms with van der Waals surface area (Å²) in [5.41, 5.74) is 0. The van der Waals surface area contributed by atoms with Crippen molar-refractivity contribution < 1.29 is 4.79 Å². The highest BCUT2D eigenvalue weighted by atomic mass is 16.1. The van der Waals surface area contributed by atoms with Gasteiger partial charge < -0.3 is 5.32 Å². The summed E-state index contributed by atoms with van der Waals surface area (Å²) in [6, 6.07) is 0. The van der Waals surface area contributed by atoms with Crippen LogP contribution < -0.4 is 5.32 Å². The van der Waals surface area contributed by atoms with Gasteiger partial charge in [0.15, 0.2) is 0 Å². The summed E-state index contributed by atoms with van der Waals surface area (Å²) in [5, 5.41) is 2.86. The van der Waals surface area contributed by atoms with Crippen molar-refractivity contribution in [2.24, 2.45) is 5.92 Å². The molecule has 19 heavy (non-hydrogen) atoms. The number of nitrogens with one attached hydrogen (secondary N) is 1. The molecule has 0 aliphatic heterocycles. The molecule has 0 aromatic rings. The fourth-order valence-electron chi connectivity index (χ4n) is 1.12. The van der Waals surface area contributed by atoms with Crippen LogP contribution in [-0.2, 0) is 4.79 Å². The molecule has 1 N–H and O–H groups in total. The largest absolute Gasteiger partial charge is 0.352 e. The zero-order chi connectivity index (χ0) is 14.3. The Hall–Kier alpha value is -1.93. The maximum absolute atomic E-state index is 11.4. The number of carbonyl (C=O) groups is 1. The van der Waals surface area contributed by atoms with Gasteiger partial charge in [0.2, 0.25) is 5.91 Å². The molecule has 1 atom stereocenters. The Balaban J connectivity index is 3.74. The lowest BCUT2D eigenvalue weighted by Gasteiger charge is -2.07. The molecular weight excluding hydrogens is 234 g/mol. The van der Waals surface area contributed by atoms with Gasteiger partial charge in [-0.2, -0.15) is 0 Å². The minimum atomic E-state index is -0.0389. The molecule has 0 aliphatic carbocycles. The molecule has 1 unspecified atom stereocenters. The van der Waals surface area contributed by atoms with Gasteiger partial charge in [0.25, 0.3) is 0 Å². The second kappa shape index (κ2) is 12.5. The monoisotopic (exact) mass is 257 g/mol. The second-order valence-corrected chi connectivity index (χ2v) is 4.26. The average molecular weight is 257 g/mol. The van der Waals surface area contributed by atoms with E-state index in [1.54, 1.807) is 19.1 Å². The van der Waals surface area contributed by atoms with Crippen molar-refractivity contribution in [1.82, 2.24) is 5.32 Å². The van der Waals surface area contributed by atoms with Crippen molar-refractivity contribution in [2.75, 3.05) is 6.54 Å². The molecule has 0 spiro atoms. The maximum Gasteiger partial charge on any atom is 0.243 e. The van der Waals surface area contributed by atoms with Gasteiger partial charge in [0, 0.05) is 19.0 Å². The Morgan fingerprint density at radius 1 is 1.32 bits per heavy atom. The zero-order valence-corrected chi connectivity index (χ0v) is 12.1. The molecule has 0 aromatic carbocycles. The smallest absolute Gasteiger partial charge is 0.243 e. The minimum absolute atomic E-state index is 0.0389. The normalized spacial score (nSPS) is 11.5. The minimum Gasteiger partial charge on any atom is -0.352 e. The van der Waals surface area contributed by atoms with Crippen LogP contribution in [0, 0.1) is 29.6 Å². The predicted molar refractivity (Wildman–Crippen MR) is 81.2 cm³/mol. The lowest BCUT2D eigenvalue weighted by Crippen LogP contribution is -2.26. The number of rotatable bonds is 7. The Labute approximate surface area is 117 Å². The molecule has 1 amide bonds. The molecule has 102 valence electrons. The van der Waals surface area contributed by atoms with E-state index in [4.69, 9.17) is 0 Å². The summed E-state index contributed by atoms with van der Waals surface area (Å²) in [6.07, 6.45) is 9.91. The van der Waals surface area contributed by atoms with Gasteiger partial charge in [-0.15, -0.1) is 0 Å².